The molecule has 0 bridgehead atoms. The summed E-state index contributed by atoms with van der Waals surface area (Å²) in [4.78, 5) is 23.5. The van der Waals surface area contributed by atoms with Crippen LogP contribution in [0.15, 0.2) is 12.1 Å². The average Bonchev–Trinajstić information content (AvgIpc) is 2.43. The molecule has 1 aromatic rings. The van der Waals surface area contributed by atoms with Crippen molar-refractivity contribution in [2.45, 2.75) is 51.7 Å². The monoisotopic (exact) mass is 321 g/mol. The van der Waals surface area contributed by atoms with Gasteiger partial charge < -0.3 is 9.90 Å². The van der Waals surface area contributed by atoms with Gasteiger partial charge in [-0.25, -0.2) is 0 Å². The second kappa shape index (κ2) is 7.18. The summed E-state index contributed by atoms with van der Waals surface area (Å²) in [6.45, 7) is 6.06. The zero-order valence-corrected chi connectivity index (χ0v) is 14.2. The summed E-state index contributed by atoms with van der Waals surface area (Å²) < 4.78 is 2.94. The Kier molecular flexibility index (Phi) is 5.51. The van der Waals surface area contributed by atoms with Gasteiger partial charge in [0.1, 0.15) is 16.8 Å². The van der Waals surface area contributed by atoms with Crippen LogP contribution in [-0.4, -0.2) is 22.9 Å². The highest BCUT2D eigenvalue weighted by Crippen LogP contribution is 2.21. The van der Waals surface area contributed by atoms with E-state index in [1.807, 2.05) is 20.8 Å². The molecule has 1 N–H and O–H groups in total. The normalized spacial score (nSPS) is 21.4. The molecule has 1 aromatic carbocycles. The van der Waals surface area contributed by atoms with Crippen molar-refractivity contribution in [3.63, 3.8) is 0 Å². The van der Waals surface area contributed by atoms with Gasteiger partial charge in [-0.1, -0.05) is 17.7 Å². The second-order valence-corrected chi connectivity index (χ2v) is 8.05. The van der Waals surface area contributed by atoms with E-state index in [4.69, 9.17) is 0 Å². The molecule has 4 nitrogen and oxygen atoms in total. The molecule has 1 saturated heterocycles. The van der Waals surface area contributed by atoms with Crippen molar-refractivity contribution < 1.29 is 14.7 Å². The first-order valence-corrected chi connectivity index (χ1v) is 9.11. The zero-order valence-electron chi connectivity index (χ0n) is 13.4. The summed E-state index contributed by atoms with van der Waals surface area (Å²) in [5.41, 5.74) is 4.44. The van der Waals surface area contributed by atoms with Crippen molar-refractivity contribution in [2.24, 2.45) is 0 Å². The maximum absolute atomic E-state index is 12.3. The predicted octanol–water partition coefficient (Wildman–Crippen LogP) is 1.11. The van der Waals surface area contributed by atoms with Crippen LogP contribution in [0.3, 0.4) is 0 Å². The molecule has 1 aliphatic heterocycles. The highest BCUT2D eigenvalue weighted by atomic mass is 32.2. The van der Waals surface area contributed by atoms with E-state index in [0.29, 0.717) is 12.8 Å². The van der Waals surface area contributed by atoms with Crippen molar-refractivity contribution >= 4 is 23.0 Å². The van der Waals surface area contributed by atoms with Gasteiger partial charge in [0.05, 0.1) is 12.4 Å². The number of benzene rings is 1. The molecule has 1 amide bonds. The van der Waals surface area contributed by atoms with E-state index < -0.39 is 22.3 Å². The lowest BCUT2D eigenvalue weighted by Crippen LogP contribution is -2.51. The Hall–Kier alpha value is -1.49. The molecule has 5 heteroatoms. The summed E-state index contributed by atoms with van der Waals surface area (Å²) in [6, 6.07) is 4.14. The van der Waals surface area contributed by atoms with E-state index in [-0.39, 0.29) is 5.91 Å². The first kappa shape index (κ1) is 16.9. The van der Waals surface area contributed by atoms with Crippen LogP contribution in [0.1, 0.15) is 41.5 Å². The highest BCUT2D eigenvalue weighted by molar-refractivity contribution is 7.96. The van der Waals surface area contributed by atoms with Gasteiger partial charge in [-0.05, 0) is 50.3 Å². The molecular weight excluding hydrogens is 298 g/mol. The number of nitrogens with one attached hydrogen (secondary N) is 1. The van der Waals surface area contributed by atoms with Crippen LogP contribution in [0, 0.1) is 20.8 Å². The van der Waals surface area contributed by atoms with Crippen LogP contribution in [-0.2, 0) is 27.1 Å². The Morgan fingerprint density at radius 2 is 1.86 bits per heavy atom. The largest absolute Gasteiger partial charge is 0.545 e. The standard InChI is InChI=1S/C17H23NO3S/c1-11-8-12(2)14(13(3)9-11)10-16(19)18-22-7-5-4-6-15(22)17(20)21/h8-9,15H,4-7,10H2,1-3H3,(H-,18,19,20,21). The average molecular weight is 321 g/mol. The molecule has 2 unspecified atom stereocenters. The van der Waals surface area contributed by atoms with Gasteiger partial charge >= 0.3 is 0 Å². The first-order chi connectivity index (χ1) is 10.4. The molecule has 22 heavy (non-hydrogen) atoms. The van der Waals surface area contributed by atoms with Gasteiger partial charge in [-0.15, -0.1) is 0 Å². The van der Waals surface area contributed by atoms with Gasteiger partial charge in [0.15, 0.2) is 5.25 Å². The molecule has 0 saturated carbocycles. The second-order valence-electron chi connectivity index (χ2n) is 6.02. The Morgan fingerprint density at radius 1 is 1.23 bits per heavy atom. The van der Waals surface area contributed by atoms with Crippen molar-refractivity contribution in [1.82, 2.24) is 4.72 Å². The lowest BCUT2D eigenvalue weighted by Gasteiger charge is -2.23. The topological polar surface area (TPSA) is 69.2 Å². The van der Waals surface area contributed by atoms with Crippen LogP contribution < -0.4 is 9.83 Å². The van der Waals surface area contributed by atoms with Gasteiger partial charge in [0.25, 0.3) is 5.91 Å². The number of hydrogen-bond acceptors (Lipinski definition) is 3. The third-order valence-corrected chi connectivity index (χ3v) is 6.44. The molecule has 0 radical (unpaired) electrons. The Morgan fingerprint density at radius 3 is 2.45 bits per heavy atom. The van der Waals surface area contributed by atoms with Crippen LogP contribution in [0.25, 0.3) is 0 Å². The Balaban J connectivity index is 2.05. The van der Waals surface area contributed by atoms with E-state index in [1.54, 1.807) is 0 Å². The molecule has 1 heterocycles. The maximum Gasteiger partial charge on any atom is 0.265 e. The number of aliphatic carboxylic acids is 1. The summed E-state index contributed by atoms with van der Waals surface area (Å²) in [5.74, 6) is -0.381. The lowest BCUT2D eigenvalue weighted by molar-refractivity contribution is -0.305. The molecule has 1 aliphatic rings. The van der Waals surface area contributed by atoms with Gasteiger partial charge in [0, 0.05) is 6.42 Å². The number of carboxylic acid groups (broad SMARTS) is 1. The van der Waals surface area contributed by atoms with E-state index in [1.165, 1.54) is 5.56 Å². The summed E-state index contributed by atoms with van der Waals surface area (Å²) in [7, 11) is 0. The fourth-order valence-electron chi connectivity index (χ4n) is 3.06. The van der Waals surface area contributed by atoms with E-state index in [9.17, 15) is 14.7 Å². The molecular formula is C17H23NO3S. The van der Waals surface area contributed by atoms with Gasteiger partial charge in [-0.3, -0.25) is 4.79 Å². The lowest BCUT2D eigenvalue weighted by atomic mass is 9.97. The van der Waals surface area contributed by atoms with Crippen molar-refractivity contribution in [3.05, 3.63) is 34.4 Å². The Bertz CT molecular complexity index is 562. The fourth-order valence-corrected chi connectivity index (χ4v) is 5.15. The van der Waals surface area contributed by atoms with Gasteiger partial charge in [0.2, 0.25) is 0 Å². The van der Waals surface area contributed by atoms with Crippen molar-refractivity contribution in [1.29, 1.82) is 0 Å². The number of amides is 1. The number of carbonyl (C=O) groups is 2. The van der Waals surface area contributed by atoms with Crippen molar-refractivity contribution in [2.75, 3.05) is 5.75 Å². The van der Waals surface area contributed by atoms with Crippen LogP contribution in [0.4, 0.5) is 0 Å². The molecule has 0 spiro atoms. The van der Waals surface area contributed by atoms with Crippen LogP contribution >= 0.6 is 0 Å². The zero-order chi connectivity index (χ0) is 16.3. The fraction of sp³-hybridized carbons (Fsp3) is 0.529. The van der Waals surface area contributed by atoms with E-state index >= 15 is 0 Å². The molecule has 2 atom stereocenters. The minimum absolute atomic E-state index is 0.0912. The van der Waals surface area contributed by atoms with Crippen molar-refractivity contribution in [3.8, 4) is 0 Å². The van der Waals surface area contributed by atoms with E-state index in [0.717, 1.165) is 35.3 Å². The number of aryl methyl sites for hydroxylation is 3. The molecule has 0 aliphatic carbocycles. The summed E-state index contributed by atoms with van der Waals surface area (Å²) in [6.07, 6.45) is 2.78. The van der Waals surface area contributed by atoms with Gasteiger partial charge in [-0.2, -0.15) is 4.72 Å². The third kappa shape index (κ3) is 4.03. The number of carbonyl (C=O) groups excluding carboxylic acids is 2. The minimum atomic E-state index is -1.04. The highest BCUT2D eigenvalue weighted by Gasteiger charge is 2.37. The smallest absolute Gasteiger partial charge is 0.265 e. The molecule has 2 rings (SSSR count). The third-order valence-electron chi connectivity index (χ3n) is 4.11. The Labute approximate surface area is 134 Å². The first-order valence-electron chi connectivity index (χ1n) is 7.65. The maximum atomic E-state index is 12.3. The van der Waals surface area contributed by atoms with Crippen LogP contribution in [0.2, 0.25) is 0 Å². The number of hydrogen-bond donors (Lipinski definition) is 1. The van der Waals surface area contributed by atoms with Crippen LogP contribution in [0.5, 0.6) is 0 Å². The molecule has 0 aromatic heterocycles. The SMILES string of the molecule is Cc1cc(C)c(CC(=O)N[S+]2CCCCC2C(=O)[O-])c(C)c1. The number of carboxylic acids is 1. The molecule has 120 valence electrons. The number of rotatable bonds is 4. The quantitative estimate of drug-likeness (QED) is 0.845. The minimum Gasteiger partial charge on any atom is -0.545 e. The summed E-state index contributed by atoms with van der Waals surface area (Å²) in [5, 5.41) is 10.7. The summed E-state index contributed by atoms with van der Waals surface area (Å²) >= 11 is -0.596. The molecule has 1 fully saturated rings. The predicted molar refractivity (Wildman–Crippen MR) is 87.4 cm³/mol. The van der Waals surface area contributed by atoms with E-state index in [2.05, 4.69) is 16.9 Å².